The van der Waals surface area contributed by atoms with Gasteiger partial charge in [0.25, 0.3) is 0 Å². The zero-order valence-electron chi connectivity index (χ0n) is 15.8. The molecule has 0 spiro atoms. The van der Waals surface area contributed by atoms with E-state index in [1.807, 2.05) is 18.7 Å². The normalized spacial score (nSPS) is 10.9. The summed E-state index contributed by atoms with van der Waals surface area (Å²) in [6.45, 7) is 10.1. The molecular formula is C18H26N4O2S2. The molecule has 0 aliphatic heterocycles. The number of nitrogens with one attached hydrogen (secondary N) is 1. The molecule has 2 amide bonds. The lowest BCUT2D eigenvalue weighted by molar-refractivity contribution is -0.131. The van der Waals surface area contributed by atoms with Crippen molar-refractivity contribution >= 4 is 45.1 Å². The maximum atomic E-state index is 12.1. The second-order valence-electron chi connectivity index (χ2n) is 5.95. The summed E-state index contributed by atoms with van der Waals surface area (Å²) in [6, 6.07) is 0. The van der Waals surface area contributed by atoms with E-state index in [4.69, 9.17) is 0 Å². The van der Waals surface area contributed by atoms with Crippen LogP contribution in [0.1, 0.15) is 37.1 Å². The molecule has 26 heavy (non-hydrogen) atoms. The Kier molecular flexibility index (Phi) is 7.84. The molecular weight excluding hydrogens is 368 g/mol. The van der Waals surface area contributed by atoms with Gasteiger partial charge in [0.2, 0.25) is 11.8 Å². The number of hydrogen-bond acceptors (Lipinski definition) is 6. The lowest BCUT2D eigenvalue weighted by atomic mass is 10.2. The fourth-order valence-corrected chi connectivity index (χ4v) is 4.59. The summed E-state index contributed by atoms with van der Waals surface area (Å²) in [5.74, 6) is 0.414. The fraction of sp³-hybridized carbons (Fsp3) is 0.556. The lowest BCUT2D eigenvalue weighted by Crippen LogP contribution is -2.32. The van der Waals surface area contributed by atoms with Gasteiger partial charge in [-0.1, -0.05) is 11.8 Å². The molecule has 0 aliphatic rings. The van der Waals surface area contributed by atoms with Gasteiger partial charge in [0.15, 0.2) is 0 Å². The number of hydrogen-bond donors (Lipinski definition) is 1. The molecule has 142 valence electrons. The third kappa shape index (κ3) is 5.17. The average molecular weight is 395 g/mol. The molecule has 6 nitrogen and oxygen atoms in total. The first-order valence-corrected chi connectivity index (χ1v) is 10.7. The van der Waals surface area contributed by atoms with Crippen LogP contribution < -0.4 is 5.32 Å². The Morgan fingerprint density at radius 2 is 1.96 bits per heavy atom. The van der Waals surface area contributed by atoms with E-state index in [9.17, 15) is 9.59 Å². The van der Waals surface area contributed by atoms with Crippen molar-refractivity contribution in [2.75, 3.05) is 25.4 Å². The second-order valence-corrected chi connectivity index (χ2v) is 8.12. The molecule has 0 bridgehead atoms. The van der Waals surface area contributed by atoms with Gasteiger partial charge in [-0.15, -0.1) is 11.3 Å². The van der Waals surface area contributed by atoms with Crippen LogP contribution in [0.5, 0.6) is 0 Å². The molecule has 2 rings (SSSR count). The number of thioether (sulfide) groups is 1. The predicted octanol–water partition coefficient (Wildman–Crippen LogP) is 3.17. The SMILES string of the molecule is CCN(CC)C(=O)CCCNC(=O)CSc1ncnc2sc(C)c(C)c12. The summed E-state index contributed by atoms with van der Waals surface area (Å²) < 4.78 is 0. The zero-order valence-corrected chi connectivity index (χ0v) is 17.4. The van der Waals surface area contributed by atoms with Crippen LogP contribution in [0.25, 0.3) is 10.2 Å². The minimum absolute atomic E-state index is 0.0401. The molecule has 2 aromatic heterocycles. The molecule has 2 heterocycles. The monoisotopic (exact) mass is 394 g/mol. The number of thiophene rings is 1. The summed E-state index contributed by atoms with van der Waals surface area (Å²) >= 11 is 3.08. The van der Waals surface area contributed by atoms with Gasteiger partial charge in [0.1, 0.15) is 16.2 Å². The van der Waals surface area contributed by atoms with Gasteiger partial charge in [0.05, 0.1) is 5.75 Å². The smallest absolute Gasteiger partial charge is 0.230 e. The topological polar surface area (TPSA) is 75.2 Å². The van der Waals surface area contributed by atoms with Crippen LogP contribution in [0.4, 0.5) is 0 Å². The summed E-state index contributed by atoms with van der Waals surface area (Å²) in [7, 11) is 0. The largest absolute Gasteiger partial charge is 0.355 e. The number of carbonyl (C=O) groups is 2. The van der Waals surface area contributed by atoms with Gasteiger partial charge in [-0.3, -0.25) is 9.59 Å². The van der Waals surface area contributed by atoms with Crippen molar-refractivity contribution in [2.24, 2.45) is 0 Å². The van der Waals surface area contributed by atoms with Crippen molar-refractivity contribution in [3.63, 3.8) is 0 Å². The van der Waals surface area contributed by atoms with Crippen molar-refractivity contribution in [3.05, 3.63) is 16.8 Å². The standard InChI is InChI=1S/C18H26N4O2S2/c1-5-22(6-2)15(24)8-7-9-19-14(23)10-25-17-16-12(3)13(4)26-18(16)21-11-20-17/h11H,5-10H2,1-4H3,(H,19,23). The highest BCUT2D eigenvalue weighted by atomic mass is 32.2. The Balaban J connectivity index is 1.78. The number of nitrogens with zero attached hydrogens (tertiary/aromatic N) is 3. The third-order valence-electron chi connectivity index (χ3n) is 4.28. The summed E-state index contributed by atoms with van der Waals surface area (Å²) in [5.41, 5.74) is 1.18. The molecule has 0 atom stereocenters. The van der Waals surface area contributed by atoms with E-state index in [1.165, 1.54) is 22.2 Å². The molecule has 0 fully saturated rings. The second kappa shape index (κ2) is 9.87. The molecule has 0 aromatic carbocycles. The van der Waals surface area contributed by atoms with Crippen molar-refractivity contribution in [2.45, 2.75) is 45.6 Å². The molecule has 8 heteroatoms. The van der Waals surface area contributed by atoms with Crippen LogP contribution in [0.15, 0.2) is 11.4 Å². The van der Waals surface area contributed by atoms with Crippen LogP contribution >= 0.6 is 23.1 Å². The van der Waals surface area contributed by atoms with Gasteiger partial charge in [-0.2, -0.15) is 0 Å². The first-order valence-electron chi connectivity index (χ1n) is 8.85. The van der Waals surface area contributed by atoms with Crippen LogP contribution in [0.3, 0.4) is 0 Å². The Labute approximate surface area is 162 Å². The minimum atomic E-state index is -0.0401. The Hall–Kier alpha value is -1.67. The van der Waals surface area contributed by atoms with E-state index in [-0.39, 0.29) is 11.8 Å². The maximum Gasteiger partial charge on any atom is 0.230 e. The molecule has 2 aromatic rings. The Morgan fingerprint density at radius 1 is 1.23 bits per heavy atom. The molecule has 0 unspecified atom stereocenters. The van der Waals surface area contributed by atoms with E-state index in [0.29, 0.717) is 25.1 Å². The molecule has 0 saturated heterocycles. The summed E-state index contributed by atoms with van der Waals surface area (Å²) in [5, 5.41) is 4.78. The highest BCUT2D eigenvalue weighted by molar-refractivity contribution is 8.00. The highest BCUT2D eigenvalue weighted by Gasteiger charge is 2.14. The summed E-state index contributed by atoms with van der Waals surface area (Å²) in [4.78, 5) is 36.6. The van der Waals surface area contributed by atoms with Crippen molar-refractivity contribution < 1.29 is 9.59 Å². The molecule has 0 radical (unpaired) electrons. The maximum absolute atomic E-state index is 12.1. The first-order chi connectivity index (χ1) is 12.5. The fourth-order valence-electron chi connectivity index (χ4n) is 2.65. The van der Waals surface area contributed by atoms with Crippen LogP contribution in [0, 0.1) is 13.8 Å². The number of fused-ring (bicyclic) bond motifs is 1. The van der Waals surface area contributed by atoms with Crippen LogP contribution in [-0.2, 0) is 9.59 Å². The van der Waals surface area contributed by atoms with Gasteiger partial charge >= 0.3 is 0 Å². The highest BCUT2D eigenvalue weighted by Crippen LogP contribution is 2.34. The zero-order chi connectivity index (χ0) is 19.1. The van der Waals surface area contributed by atoms with E-state index in [0.717, 1.165) is 28.3 Å². The number of aromatic nitrogens is 2. The van der Waals surface area contributed by atoms with Crippen molar-refractivity contribution in [1.29, 1.82) is 0 Å². The minimum Gasteiger partial charge on any atom is -0.355 e. The summed E-state index contributed by atoms with van der Waals surface area (Å²) in [6.07, 6.45) is 2.68. The third-order valence-corrected chi connectivity index (χ3v) is 6.38. The molecule has 1 N–H and O–H groups in total. The molecule has 0 aliphatic carbocycles. The Bertz CT molecular complexity index is 772. The van der Waals surface area contributed by atoms with Gasteiger partial charge in [-0.25, -0.2) is 9.97 Å². The van der Waals surface area contributed by atoms with Crippen molar-refractivity contribution in [1.82, 2.24) is 20.2 Å². The average Bonchev–Trinajstić information content (AvgIpc) is 2.93. The van der Waals surface area contributed by atoms with E-state index < -0.39 is 0 Å². The Morgan fingerprint density at radius 3 is 2.65 bits per heavy atom. The number of amides is 2. The van der Waals surface area contributed by atoms with Gasteiger partial charge in [0, 0.05) is 36.3 Å². The van der Waals surface area contributed by atoms with Gasteiger partial charge < -0.3 is 10.2 Å². The first kappa shape index (κ1) is 20.6. The number of carbonyl (C=O) groups excluding carboxylic acids is 2. The quantitative estimate of drug-likeness (QED) is 0.402. The van der Waals surface area contributed by atoms with E-state index in [1.54, 1.807) is 17.7 Å². The van der Waals surface area contributed by atoms with E-state index >= 15 is 0 Å². The van der Waals surface area contributed by atoms with Crippen molar-refractivity contribution in [3.8, 4) is 0 Å². The number of aryl methyl sites for hydroxylation is 2. The van der Waals surface area contributed by atoms with Crippen LogP contribution in [0.2, 0.25) is 0 Å². The molecule has 0 saturated carbocycles. The lowest BCUT2D eigenvalue weighted by Gasteiger charge is -2.18. The van der Waals surface area contributed by atoms with E-state index in [2.05, 4.69) is 29.1 Å². The predicted molar refractivity (Wildman–Crippen MR) is 108 cm³/mol. The number of rotatable bonds is 9. The van der Waals surface area contributed by atoms with Crippen LogP contribution in [-0.4, -0.2) is 52.1 Å². The van der Waals surface area contributed by atoms with Gasteiger partial charge in [-0.05, 0) is 39.7 Å².